The first-order valence-electron chi connectivity index (χ1n) is 8.75. The lowest BCUT2D eigenvalue weighted by atomic mass is 10.1. The highest BCUT2D eigenvalue weighted by Gasteiger charge is 2.14. The van der Waals surface area contributed by atoms with Gasteiger partial charge in [-0.3, -0.25) is 9.78 Å². The molecule has 3 N–H and O–H groups in total. The number of carbonyl (C=O) groups is 1. The van der Waals surface area contributed by atoms with Crippen molar-refractivity contribution in [2.75, 3.05) is 11.9 Å². The fourth-order valence-electron chi connectivity index (χ4n) is 2.87. The highest BCUT2D eigenvalue weighted by Crippen LogP contribution is 2.34. The van der Waals surface area contributed by atoms with Crippen molar-refractivity contribution >= 4 is 34.1 Å². The van der Waals surface area contributed by atoms with Crippen molar-refractivity contribution in [1.29, 1.82) is 0 Å². The fraction of sp³-hybridized carbons (Fsp3) is 0.150. The quantitative estimate of drug-likeness (QED) is 0.473. The molecule has 0 fully saturated rings. The van der Waals surface area contributed by atoms with Crippen molar-refractivity contribution < 1.29 is 4.79 Å². The smallest absolute Gasteiger partial charge is 0.261 e. The lowest BCUT2D eigenvalue weighted by molar-refractivity contribution is 0.0960. The molecule has 4 heterocycles. The highest BCUT2D eigenvalue weighted by atomic mass is 32.1. The van der Waals surface area contributed by atoms with Gasteiger partial charge in [-0.05, 0) is 43.3 Å². The Bertz CT molecular complexity index is 1070. The number of hydrogen-bond donors (Lipinski definition) is 3. The summed E-state index contributed by atoms with van der Waals surface area (Å²) in [5, 5.41) is 7.21. The summed E-state index contributed by atoms with van der Waals surface area (Å²) in [5.41, 5.74) is 2.80. The maximum absolute atomic E-state index is 12.1. The number of amides is 1. The molecule has 0 saturated heterocycles. The van der Waals surface area contributed by atoms with Crippen LogP contribution < -0.4 is 10.6 Å². The Morgan fingerprint density at radius 1 is 1.22 bits per heavy atom. The monoisotopic (exact) mass is 377 g/mol. The van der Waals surface area contributed by atoms with Gasteiger partial charge in [-0.1, -0.05) is 6.07 Å². The predicted octanol–water partition coefficient (Wildman–Crippen LogP) is 4.05. The number of fused-ring (bicyclic) bond motifs is 1. The minimum Gasteiger partial charge on any atom is -0.364 e. The van der Waals surface area contributed by atoms with Gasteiger partial charge in [0.2, 0.25) is 0 Å². The molecule has 0 aliphatic heterocycles. The summed E-state index contributed by atoms with van der Waals surface area (Å²) in [6.45, 7) is 3.12. The van der Waals surface area contributed by atoms with Gasteiger partial charge in [0.15, 0.2) is 0 Å². The van der Waals surface area contributed by atoms with Gasteiger partial charge in [0, 0.05) is 34.8 Å². The number of carbonyl (C=O) groups excluding carboxylic acids is 1. The third-order valence-electron chi connectivity index (χ3n) is 4.14. The number of nitrogens with one attached hydrogen (secondary N) is 3. The normalized spacial score (nSPS) is 10.9. The summed E-state index contributed by atoms with van der Waals surface area (Å²) in [6, 6.07) is 13.7. The summed E-state index contributed by atoms with van der Waals surface area (Å²) >= 11 is 1.48. The second kappa shape index (κ2) is 7.59. The minimum atomic E-state index is -0.0402. The van der Waals surface area contributed by atoms with Crippen LogP contribution in [-0.2, 0) is 6.54 Å². The molecular formula is C20H19N5OS. The molecular weight excluding hydrogens is 358 g/mol. The number of rotatable bonds is 6. The van der Waals surface area contributed by atoms with Crippen LogP contribution in [-0.4, -0.2) is 27.4 Å². The van der Waals surface area contributed by atoms with Gasteiger partial charge < -0.3 is 15.6 Å². The van der Waals surface area contributed by atoms with Crippen LogP contribution in [0.15, 0.2) is 54.9 Å². The fourth-order valence-corrected chi connectivity index (χ4v) is 3.82. The topological polar surface area (TPSA) is 82.7 Å². The van der Waals surface area contributed by atoms with Crippen molar-refractivity contribution in [3.63, 3.8) is 0 Å². The van der Waals surface area contributed by atoms with Gasteiger partial charge in [0.1, 0.15) is 11.5 Å². The van der Waals surface area contributed by atoms with E-state index in [1.165, 1.54) is 11.3 Å². The molecule has 0 aromatic carbocycles. The van der Waals surface area contributed by atoms with E-state index in [-0.39, 0.29) is 5.91 Å². The van der Waals surface area contributed by atoms with Crippen molar-refractivity contribution in [3.8, 4) is 10.4 Å². The zero-order valence-electron chi connectivity index (χ0n) is 14.8. The molecule has 136 valence electrons. The summed E-state index contributed by atoms with van der Waals surface area (Å²) < 4.78 is 0. The van der Waals surface area contributed by atoms with E-state index in [9.17, 15) is 4.79 Å². The van der Waals surface area contributed by atoms with E-state index in [0.717, 1.165) is 33.0 Å². The number of aromatic nitrogens is 3. The van der Waals surface area contributed by atoms with Crippen molar-refractivity contribution in [3.05, 3.63) is 65.4 Å². The standard InChI is InChI=1S/C20H19N5OS/c1-2-21-20(26)17-7-6-16(27-17)15-11-18(25-19-14(15)8-10-23-19)24-12-13-5-3-4-9-22-13/h3-11H,2,12H2,1H3,(H,21,26)(H2,23,24,25). The third-order valence-corrected chi connectivity index (χ3v) is 5.26. The van der Waals surface area contributed by atoms with Gasteiger partial charge in [0.25, 0.3) is 5.91 Å². The molecule has 0 aliphatic carbocycles. The van der Waals surface area contributed by atoms with Gasteiger partial charge in [-0.2, -0.15) is 0 Å². The van der Waals surface area contributed by atoms with Crippen LogP contribution in [0.4, 0.5) is 5.82 Å². The SMILES string of the molecule is CCNC(=O)c1ccc(-c2cc(NCc3ccccn3)nc3[nH]ccc23)s1. The second-order valence-corrected chi connectivity index (χ2v) is 7.08. The molecule has 6 nitrogen and oxygen atoms in total. The molecule has 0 aliphatic rings. The maximum atomic E-state index is 12.1. The van der Waals surface area contributed by atoms with E-state index in [4.69, 9.17) is 0 Å². The van der Waals surface area contributed by atoms with Crippen LogP contribution in [0.2, 0.25) is 0 Å². The number of nitrogens with zero attached hydrogens (tertiary/aromatic N) is 2. The molecule has 1 amide bonds. The average molecular weight is 377 g/mol. The molecule has 0 atom stereocenters. The molecule has 4 rings (SSSR count). The lowest BCUT2D eigenvalue weighted by Crippen LogP contribution is -2.21. The molecule has 0 spiro atoms. The lowest BCUT2D eigenvalue weighted by Gasteiger charge is -2.08. The summed E-state index contributed by atoms with van der Waals surface area (Å²) in [7, 11) is 0. The van der Waals surface area contributed by atoms with Crippen LogP contribution >= 0.6 is 11.3 Å². The van der Waals surface area contributed by atoms with E-state index in [1.807, 2.05) is 55.6 Å². The number of aromatic amines is 1. The zero-order valence-corrected chi connectivity index (χ0v) is 15.6. The van der Waals surface area contributed by atoms with Crippen LogP contribution in [0.25, 0.3) is 21.5 Å². The van der Waals surface area contributed by atoms with Crippen LogP contribution in [0, 0.1) is 0 Å². The van der Waals surface area contributed by atoms with Crippen molar-refractivity contribution in [2.45, 2.75) is 13.5 Å². The third kappa shape index (κ3) is 3.68. The molecule has 7 heteroatoms. The first kappa shape index (κ1) is 17.2. The van der Waals surface area contributed by atoms with Gasteiger partial charge in [0.05, 0.1) is 17.1 Å². The Hall–Kier alpha value is -3.19. The molecule has 0 radical (unpaired) electrons. The Morgan fingerprint density at radius 2 is 2.15 bits per heavy atom. The van der Waals surface area contributed by atoms with Gasteiger partial charge in [-0.25, -0.2) is 4.98 Å². The number of pyridine rings is 2. The Labute approximate surface area is 160 Å². The second-order valence-electron chi connectivity index (χ2n) is 5.99. The summed E-state index contributed by atoms with van der Waals surface area (Å²) in [4.78, 5) is 26.0. The van der Waals surface area contributed by atoms with Crippen molar-refractivity contribution in [2.24, 2.45) is 0 Å². The van der Waals surface area contributed by atoms with E-state index in [1.54, 1.807) is 6.20 Å². The average Bonchev–Trinajstić information content (AvgIpc) is 3.36. The Kier molecular flexibility index (Phi) is 4.84. The molecule has 4 aromatic rings. The summed E-state index contributed by atoms with van der Waals surface area (Å²) in [5.74, 6) is 0.722. The van der Waals surface area contributed by atoms with Gasteiger partial charge in [-0.15, -0.1) is 11.3 Å². The van der Waals surface area contributed by atoms with Crippen LogP contribution in [0.3, 0.4) is 0 Å². The van der Waals surface area contributed by atoms with Crippen LogP contribution in [0.1, 0.15) is 22.3 Å². The van der Waals surface area contributed by atoms with E-state index < -0.39 is 0 Å². The molecule has 0 unspecified atom stereocenters. The zero-order chi connectivity index (χ0) is 18.6. The first-order chi connectivity index (χ1) is 13.2. The molecule has 0 bridgehead atoms. The van der Waals surface area contributed by atoms with E-state index in [0.29, 0.717) is 18.0 Å². The molecule has 4 aromatic heterocycles. The predicted molar refractivity (Wildman–Crippen MR) is 109 cm³/mol. The molecule has 0 saturated carbocycles. The number of H-pyrrole nitrogens is 1. The Morgan fingerprint density at radius 3 is 2.96 bits per heavy atom. The Balaban J connectivity index is 1.66. The number of anilines is 1. The van der Waals surface area contributed by atoms with E-state index >= 15 is 0 Å². The first-order valence-corrected chi connectivity index (χ1v) is 9.56. The highest BCUT2D eigenvalue weighted by molar-refractivity contribution is 7.17. The number of hydrogen-bond acceptors (Lipinski definition) is 5. The van der Waals surface area contributed by atoms with E-state index in [2.05, 4.69) is 25.6 Å². The van der Waals surface area contributed by atoms with Crippen LogP contribution in [0.5, 0.6) is 0 Å². The molecule has 27 heavy (non-hydrogen) atoms. The van der Waals surface area contributed by atoms with Crippen molar-refractivity contribution in [1.82, 2.24) is 20.3 Å². The maximum Gasteiger partial charge on any atom is 0.261 e. The minimum absolute atomic E-state index is 0.0402. The summed E-state index contributed by atoms with van der Waals surface area (Å²) in [6.07, 6.45) is 3.65. The van der Waals surface area contributed by atoms with Gasteiger partial charge >= 0.3 is 0 Å². The largest absolute Gasteiger partial charge is 0.364 e. The number of thiophene rings is 1.